The summed E-state index contributed by atoms with van der Waals surface area (Å²) >= 11 is 0. The molecule has 2 heterocycles. The van der Waals surface area contributed by atoms with Crippen molar-refractivity contribution in [2.75, 3.05) is 0 Å². The zero-order valence-corrected chi connectivity index (χ0v) is 14.1. The fraction of sp³-hybridized carbons (Fsp3) is 0.350. The van der Waals surface area contributed by atoms with Gasteiger partial charge in [0, 0.05) is 11.8 Å². The van der Waals surface area contributed by atoms with E-state index >= 15 is 0 Å². The van der Waals surface area contributed by atoms with E-state index < -0.39 is 5.41 Å². The Morgan fingerprint density at radius 2 is 2.13 bits per heavy atom. The molecule has 3 heteroatoms. The standard InChI is InChI=1S/C20H22O3/c1-6-20(5)11-14(10-12(2)3)22-18-16-13(4)8-7-9-15(16)23-19(21)17(18)20/h6-10,14H,1,11H2,2-5H3/t14-,20+/m1/s1. The average Bonchev–Trinajstić information content (AvgIpc) is 2.45. The molecule has 3 rings (SSSR count). The van der Waals surface area contributed by atoms with Crippen molar-refractivity contribution in [2.45, 2.75) is 45.6 Å². The molecule has 2 atom stereocenters. The van der Waals surface area contributed by atoms with Crippen LogP contribution in [0.15, 0.2) is 51.7 Å². The normalized spacial score (nSPS) is 23.0. The first-order chi connectivity index (χ1) is 10.9. The molecule has 1 aliphatic heterocycles. The van der Waals surface area contributed by atoms with E-state index in [2.05, 4.69) is 12.7 Å². The number of rotatable bonds is 2. The van der Waals surface area contributed by atoms with Crippen LogP contribution in [0.3, 0.4) is 0 Å². The molecule has 0 amide bonds. The maximum absolute atomic E-state index is 12.6. The topological polar surface area (TPSA) is 39.4 Å². The van der Waals surface area contributed by atoms with Crippen molar-refractivity contribution >= 4 is 11.0 Å². The van der Waals surface area contributed by atoms with Gasteiger partial charge in [0.25, 0.3) is 0 Å². The predicted molar refractivity (Wildman–Crippen MR) is 93.2 cm³/mol. The summed E-state index contributed by atoms with van der Waals surface area (Å²) in [5.41, 5.74) is 2.56. The molecule has 1 aromatic heterocycles. The van der Waals surface area contributed by atoms with Crippen LogP contribution in [0.25, 0.3) is 11.0 Å². The number of allylic oxidation sites excluding steroid dienone is 2. The second-order valence-electron chi connectivity index (χ2n) is 6.77. The molecule has 1 aromatic carbocycles. The minimum Gasteiger partial charge on any atom is -0.485 e. The molecule has 0 bridgehead atoms. The van der Waals surface area contributed by atoms with Crippen molar-refractivity contribution in [3.63, 3.8) is 0 Å². The summed E-state index contributed by atoms with van der Waals surface area (Å²) < 4.78 is 11.8. The largest absolute Gasteiger partial charge is 0.485 e. The fourth-order valence-electron chi connectivity index (χ4n) is 3.36. The van der Waals surface area contributed by atoms with E-state index in [-0.39, 0.29) is 11.7 Å². The molecular formula is C20H22O3. The van der Waals surface area contributed by atoms with Crippen molar-refractivity contribution in [1.82, 2.24) is 0 Å². The Balaban J connectivity index is 2.38. The highest BCUT2D eigenvalue weighted by Crippen LogP contribution is 2.44. The molecule has 0 unspecified atom stereocenters. The van der Waals surface area contributed by atoms with Crippen LogP contribution >= 0.6 is 0 Å². The Kier molecular flexibility index (Phi) is 3.67. The van der Waals surface area contributed by atoms with Gasteiger partial charge in [0.1, 0.15) is 17.4 Å². The summed E-state index contributed by atoms with van der Waals surface area (Å²) in [4.78, 5) is 12.6. The smallest absolute Gasteiger partial charge is 0.344 e. The molecule has 0 fully saturated rings. The van der Waals surface area contributed by atoms with Gasteiger partial charge in [0.2, 0.25) is 0 Å². The lowest BCUT2D eigenvalue weighted by molar-refractivity contribution is 0.181. The Morgan fingerprint density at radius 1 is 1.39 bits per heavy atom. The molecular weight excluding hydrogens is 288 g/mol. The van der Waals surface area contributed by atoms with E-state index in [4.69, 9.17) is 9.15 Å². The van der Waals surface area contributed by atoms with Gasteiger partial charge in [-0.05, 0) is 38.5 Å². The average molecular weight is 310 g/mol. The van der Waals surface area contributed by atoms with Crippen LogP contribution in [-0.2, 0) is 5.41 Å². The highest BCUT2D eigenvalue weighted by molar-refractivity contribution is 5.88. The Morgan fingerprint density at radius 3 is 2.78 bits per heavy atom. The molecule has 0 spiro atoms. The fourth-order valence-corrected chi connectivity index (χ4v) is 3.36. The number of fused-ring (bicyclic) bond motifs is 3. The maximum atomic E-state index is 12.6. The van der Waals surface area contributed by atoms with E-state index in [9.17, 15) is 4.79 Å². The lowest BCUT2D eigenvalue weighted by atomic mass is 9.75. The summed E-state index contributed by atoms with van der Waals surface area (Å²) in [7, 11) is 0. The molecule has 0 aliphatic carbocycles. The second-order valence-corrected chi connectivity index (χ2v) is 6.77. The van der Waals surface area contributed by atoms with Gasteiger partial charge in [-0.1, -0.05) is 30.7 Å². The van der Waals surface area contributed by atoms with Crippen molar-refractivity contribution in [1.29, 1.82) is 0 Å². The van der Waals surface area contributed by atoms with Crippen molar-refractivity contribution in [2.24, 2.45) is 0 Å². The summed E-state index contributed by atoms with van der Waals surface area (Å²) in [6, 6.07) is 5.70. The van der Waals surface area contributed by atoms with Crippen LogP contribution < -0.4 is 10.4 Å². The third-order valence-electron chi connectivity index (χ3n) is 4.53. The first-order valence-electron chi connectivity index (χ1n) is 7.88. The molecule has 0 saturated carbocycles. The van der Waals surface area contributed by atoms with Gasteiger partial charge in [-0.3, -0.25) is 0 Å². The minimum atomic E-state index is -0.471. The maximum Gasteiger partial charge on any atom is 0.344 e. The number of ether oxygens (including phenoxy) is 1. The molecule has 2 aromatic rings. The third-order valence-corrected chi connectivity index (χ3v) is 4.53. The van der Waals surface area contributed by atoms with Crippen LogP contribution in [0.5, 0.6) is 5.75 Å². The predicted octanol–water partition coefficient (Wildman–Crippen LogP) is 4.66. The van der Waals surface area contributed by atoms with Gasteiger partial charge in [-0.2, -0.15) is 0 Å². The first-order valence-corrected chi connectivity index (χ1v) is 7.88. The second kappa shape index (κ2) is 5.41. The molecule has 1 aliphatic rings. The van der Waals surface area contributed by atoms with Crippen LogP contribution in [-0.4, -0.2) is 6.10 Å². The van der Waals surface area contributed by atoms with Gasteiger partial charge in [-0.15, -0.1) is 6.58 Å². The van der Waals surface area contributed by atoms with Gasteiger partial charge >= 0.3 is 5.63 Å². The highest BCUT2D eigenvalue weighted by atomic mass is 16.5. The lowest BCUT2D eigenvalue weighted by Crippen LogP contribution is -2.38. The van der Waals surface area contributed by atoms with E-state index in [1.807, 2.05) is 52.0 Å². The van der Waals surface area contributed by atoms with E-state index in [0.717, 1.165) is 10.9 Å². The van der Waals surface area contributed by atoms with Gasteiger partial charge < -0.3 is 9.15 Å². The Labute approximate surface area is 136 Å². The number of hydrogen-bond acceptors (Lipinski definition) is 3. The summed E-state index contributed by atoms with van der Waals surface area (Å²) in [6.45, 7) is 12.1. The molecule has 23 heavy (non-hydrogen) atoms. The van der Waals surface area contributed by atoms with Crippen molar-refractivity contribution in [3.8, 4) is 5.75 Å². The number of benzene rings is 1. The molecule has 0 radical (unpaired) electrons. The van der Waals surface area contributed by atoms with E-state index in [0.29, 0.717) is 23.3 Å². The van der Waals surface area contributed by atoms with Crippen molar-refractivity contribution in [3.05, 3.63) is 64.1 Å². The lowest BCUT2D eigenvalue weighted by Gasteiger charge is -2.36. The Bertz CT molecular complexity index is 868. The third kappa shape index (κ3) is 2.50. The van der Waals surface area contributed by atoms with Crippen LogP contribution in [0.2, 0.25) is 0 Å². The SMILES string of the molecule is C=C[C@@]1(C)C[C@@H](C=C(C)C)Oc2c1c(=O)oc1cccc(C)c21. The zero-order chi connectivity index (χ0) is 16.8. The summed E-state index contributed by atoms with van der Waals surface area (Å²) in [6.07, 6.45) is 4.53. The Hall–Kier alpha value is -2.29. The molecule has 0 N–H and O–H groups in total. The quantitative estimate of drug-likeness (QED) is 0.598. The van der Waals surface area contributed by atoms with Crippen molar-refractivity contribution < 1.29 is 9.15 Å². The van der Waals surface area contributed by atoms with Gasteiger partial charge in [0.05, 0.1) is 10.9 Å². The molecule has 120 valence electrons. The zero-order valence-electron chi connectivity index (χ0n) is 14.1. The summed E-state index contributed by atoms with van der Waals surface area (Å²) in [5.74, 6) is 0.644. The molecule has 0 saturated heterocycles. The first kappa shape index (κ1) is 15.6. The highest BCUT2D eigenvalue weighted by Gasteiger charge is 2.39. The number of aryl methyl sites for hydroxylation is 1. The monoisotopic (exact) mass is 310 g/mol. The van der Waals surface area contributed by atoms with E-state index in [1.54, 1.807) is 0 Å². The van der Waals surface area contributed by atoms with Gasteiger partial charge in [-0.25, -0.2) is 4.79 Å². The van der Waals surface area contributed by atoms with Gasteiger partial charge in [0.15, 0.2) is 0 Å². The molecule has 3 nitrogen and oxygen atoms in total. The number of hydrogen-bond donors (Lipinski definition) is 0. The summed E-state index contributed by atoms with van der Waals surface area (Å²) in [5, 5.41) is 0.877. The van der Waals surface area contributed by atoms with Crippen LogP contribution in [0, 0.1) is 6.92 Å². The minimum absolute atomic E-state index is 0.0832. The van der Waals surface area contributed by atoms with Crippen LogP contribution in [0.4, 0.5) is 0 Å². The van der Waals surface area contributed by atoms with Crippen LogP contribution in [0.1, 0.15) is 38.3 Å². The van der Waals surface area contributed by atoms with E-state index in [1.165, 1.54) is 5.57 Å².